The second-order valence-corrected chi connectivity index (χ2v) is 9.06. The average molecular weight is 455 g/mol. The Bertz CT molecular complexity index is 1140. The first-order chi connectivity index (χ1) is 12.6. The fraction of sp³-hybridized carbons (Fsp3) is 0.278. The van der Waals surface area contributed by atoms with E-state index in [0.717, 1.165) is 5.39 Å². The fourth-order valence-corrected chi connectivity index (χ4v) is 4.48. The zero-order chi connectivity index (χ0) is 19.9. The molecule has 9 heteroatoms. The summed E-state index contributed by atoms with van der Waals surface area (Å²) < 4.78 is 39.2. The quantitative estimate of drug-likeness (QED) is 0.451. The SMILES string of the molecule is COC(=O)[C@H](NS(=O)(=O)c1ccc2oc3cc(N)c(Br)cc3c2c1)C(C)C. The van der Waals surface area contributed by atoms with Crippen molar-refractivity contribution in [3.8, 4) is 0 Å². The Morgan fingerprint density at radius 1 is 1.19 bits per heavy atom. The number of halogens is 1. The summed E-state index contributed by atoms with van der Waals surface area (Å²) in [6, 6.07) is 7.01. The number of nitrogen functional groups attached to an aromatic ring is 1. The Morgan fingerprint density at radius 3 is 2.48 bits per heavy atom. The van der Waals surface area contributed by atoms with Crippen molar-refractivity contribution in [2.24, 2.45) is 5.92 Å². The van der Waals surface area contributed by atoms with Gasteiger partial charge in [-0.3, -0.25) is 4.79 Å². The first-order valence-corrected chi connectivity index (χ1v) is 10.4. The number of sulfonamides is 1. The molecule has 1 atom stereocenters. The molecule has 0 aliphatic carbocycles. The lowest BCUT2D eigenvalue weighted by Gasteiger charge is -2.19. The molecule has 3 aromatic rings. The molecule has 1 heterocycles. The van der Waals surface area contributed by atoms with Gasteiger partial charge in [-0.25, -0.2) is 8.42 Å². The van der Waals surface area contributed by atoms with Crippen molar-refractivity contribution in [3.63, 3.8) is 0 Å². The average Bonchev–Trinajstić information content (AvgIpc) is 2.96. The van der Waals surface area contributed by atoms with Gasteiger partial charge in [-0.15, -0.1) is 0 Å². The number of ether oxygens (including phenoxy) is 1. The molecule has 3 N–H and O–H groups in total. The summed E-state index contributed by atoms with van der Waals surface area (Å²) in [6.45, 7) is 3.47. The van der Waals surface area contributed by atoms with Crippen molar-refractivity contribution in [1.82, 2.24) is 4.72 Å². The highest BCUT2D eigenvalue weighted by Gasteiger charge is 2.29. The summed E-state index contributed by atoms with van der Waals surface area (Å²) in [5.41, 5.74) is 7.49. The van der Waals surface area contributed by atoms with Crippen molar-refractivity contribution in [3.05, 3.63) is 34.8 Å². The maximum Gasteiger partial charge on any atom is 0.324 e. The van der Waals surface area contributed by atoms with Crippen molar-refractivity contribution in [2.75, 3.05) is 12.8 Å². The van der Waals surface area contributed by atoms with E-state index in [0.29, 0.717) is 26.7 Å². The molecular formula is C18H19BrN2O5S. The van der Waals surface area contributed by atoms with Gasteiger partial charge in [0.05, 0.1) is 12.0 Å². The molecule has 0 aliphatic rings. The van der Waals surface area contributed by atoms with Crippen LogP contribution in [0.25, 0.3) is 21.9 Å². The van der Waals surface area contributed by atoms with Gasteiger partial charge in [0.15, 0.2) is 0 Å². The van der Waals surface area contributed by atoms with Gasteiger partial charge in [0.1, 0.15) is 17.2 Å². The van der Waals surface area contributed by atoms with Gasteiger partial charge < -0.3 is 14.9 Å². The number of benzene rings is 2. The van der Waals surface area contributed by atoms with Crippen molar-refractivity contribution in [1.29, 1.82) is 0 Å². The number of nitrogens with one attached hydrogen (secondary N) is 1. The van der Waals surface area contributed by atoms with Crippen LogP contribution in [0.2, 0.25) is 0 Å². The van der Waals surface area contributed by atoms with Crippen LogP contribution in [-0.4, -0.2) is 27.5 Å². The van der Waals surface area contributed by atoms with Gasteiger partial charge >= 0.3 is 5.97 Å². The van der Waals surface area contributed by atoms with E-state index in [1.807, 2.05) is 0 Å². The summed E-state index contributed by atoms with van der Waals surface area (Å²) in [5.74, 6) is -0.910. The number of carbonyl (C=O) groups excluding carboxylic acids is 1. The number of furan rings is 1. The summed E-state index contributed by atoms with van der Waals surface area (Å²) in [4.78, 5) is 11.9. The molecule has 0 saturated carbocycles. The van der Waals surface area contributed by atoms with Crippen LogP contribution in [0.5, 0.6) is 0 Å². The first-order valence-electron chi connectivity index (χ1n) is 8.15. The largest absolute Gasteiger partial charge is 0.468 e. The van der Waals surface area contributed by atoms with E-state index in [1.165, 1.54) is 19.2 Å². The summed E-state index contributed by atoms with van der Waals surface area (Å²) in [6.07, 6.45) is 0. The third-order valence-electron chi connectivity index (χ3n) is 4.27. The Kier molecular flexibility index (Phi) is 5.20. The third kappa shape index (κ3) is 3.67. The normalized spacial score (nSPS) is 13.4. The number of anilines is 1. The molecule has 0 unspecified atom stereocenters. The number of nitrogens with two attached hydrogens (primary N) is 1. The number of fused-ring (bicyclic) bond motifs is 3. The van der Waals surface area contributed by atoms with Crippen LogP contribution < -0.4 is 10.5 Å². The number of rotatable bonds is 5. The van der Waals surface area contributed by atoms with Gasteiger partial charge in [0.25, 0.3) is 0 Å². The van der Waals surface area contributed by atoms with Gasteiger partial charge in [-0.1, -0.05) is 13.8 Å². The standard InChI is InChI=1S/C18H19BrN2O5S/c1-9(2)17(18(22)25-3)21-27(23,24)10-4-5-15-11(6-10)12-7-13(19)14(20)8-16(12)26-15/h4-9,17,21H,20H2,1-3H3/t17-/m1/s1. The lowest BCUT2D eigenvalue weighted by atomic mass is 10.1. The Morgan fingerprint density at radius 2 is 1.85 bits per heavy atom. The second kappa shape index (κ2) is 7.14. The van der Waals surface area contributed by atoms with Crippen LogP contribution in [-0.2, 0) is 19.6 Å². The summed E-state index contributed by atoms with van der Waals surface area (Å²) in [7, 11) is -2.72. The highest BCUT2D eigenvalue weighted by molar-refractivity contribution is 9.10. The highest BCUT2D eigenvalue weighted by atomic mass is 79.9. The lowest BCUT2D eigenvalue weighted by Crippen LogP contribution is -2.44. The van der Waals surface area contributed by atoms with Crippen molar-refractivity contribution < 1.29 is 22.4 Å². The Balaban J connectivity index is 2.09. The molecule has 0 aliphatic heterocycles. The van der Waals surface area contributed by atoms with E-state index < -0.39 is 22.0 Å². The van der Waals surface area contributed by atoms with E-state index >= 15 is 0 Å². The van der Waals surface area contributed by atoms with Crippen LogP contribution in [0.4, 0.5) is 5.69 Å². The van der Waals surface area contributed by atoms with Gasteiger partial charge in [0, 0.05) is 27.0 Å². The molecule has 0 saturated heterocycles. The molecule has 1 aromatic heterocycles. The number of carbonyl (C=O) groups is 1. The molecule has 27 heavy (non-hydrogen) atoms. The zero-order valence-electron chi connectivity index (χ0n) is 14.9. The van der Waals surface area contributed by atoms with E-state index in [1.54, 1.807) is 32.0 Å². The first kappa shape index (κ1) is 19.7. The van der Waals surface area contributed by atoms with Crippen molar-refractivity contribution >= 4 is 59.5 Å². The van der Waals surface area contributed by atoms with Crippen LogP contribution in [0.1, 0.15) is 13.8 Å². The number of methoxy groups -OCH3 is 1. The molecule has 0 amide bonds. The minimum Gasteiger partial charge on any atom is -0.468 e. The maximum atomic E-state index is 12.8. The summed E-state index contributed by atoms with van der Waals surface area (Å²) in [5, 5.41) is 1.37. The monoisotopic (exact) mass is 454 g/mol. The second-order valence-electron chi connectivity index (χ2n) is 6.50. The fourth-order valence-electron chi connectivity index (χ4n) is 2.78. The molecule has 0 bridgehead atoms. The zero-order valence-corrected chi connectivity index (χ0v) is 17.3. The smallest absolute Gasteiger partial charge is 0.324 e. The lowest BCUT2D eigenvalue weighted by molar-refractivity contribution is -0.143. The Hall–Kier alpha value is -2.10. The minimum atomic E-state index is -3.94. The number of esters is 1. The number of hydrogen-bond donors (Lipinski definition) is 2. The Labute approximate surface area is 165 Å². The predicted molar refractivity (Wildman–Crippen MR) is 107 cm³/mol. The third-order valence-corrected chi connectivity index (χ3v) is 6.40. The predicted octanol–water partition coefficient (Wildman–Crippen LogP) is 3.41. The molecule has 2 aromatic carbocycles. The van der Waals surface area contributed by atoms with Crippen LogP contribution in [0.15, 0.2) is 44.1 Å². The van der Waals surface area contributed by atoms with E-state index in [9.17, 15) is 13.2 Å². The van der Waals surface area contributed by atoms with E-state index in [-0.39, 0.29) is 10.8 Å². The number of hydrogen-bond acceptors (Lipinski definition) is 6. The van der Waals surface area contributed by atoms with Gasteiger partial charge in [0.2, 0.25) is 10.0 Å². The van der Waals surface area contributed by atoms with E-state index in [2.05, 4.69) is 20.7 Å². The minimum absolute atomic E-state index is 0.0280. The van der Waals surface area contributed by atoms with Gasteiger partial charge in [-0.05, 0) is 46.1 Å². The molecule has 0 fully saturated rings. The molecule has 0 radical (unpaired) electrons. The molecule has 3 rings (SSSR count). The van der Waals surface area contributed by atoms with Crippen LogP contribution in [0, 0.1) is 5.92 Å². The van der Waals surface area contributed by atoms with Crippen LogP contribution in [0.3, 0.4) is 0 Å². The maximum absolute atomic E-state index is 12.8. The summed E-state index contributed by atoms with van der Waals surface area (Å²) >= 11 is 3.37. The molecular weight excluding hydrogens is 436 g/mol. The van der Waals surface area contributed by atoms with Crippen LogP contribution >= 0.6 is 15.9 Å². The topological polar surface area (TPSA) is 112 Å². The van der Waals surface area contributed by atoms with E-state index in [4.69, 9.17) is 14.9 Å². The highest BCUT2D eigenvalue weighted by Crippen LogP contribution is 2.35. The molecule has 7 nitrogen and oxygen atoms in total. The van der Waals surface area contributed by atoms with Gasteiger partial charge in [-0.2, -0.15) is 4.72 Å². The van der Waals surface area contributed by atoms with Crippen molar-refractivity contribution in [2.45, 2.75) is 24.8 Å². The molecule has 144 valence electrons. The molecule has 0 spiro atoms.